The van der Waals surface area contributed by atoms with Gasteiger partial charge in [-0.05, 0) is 48.4 Å². The van der Waals surface area contributed by atoms with Gasteiger partial charge in [0.1, 0.15) is 0 Å². The first kappa shape index (κ1) is 22.3. The van der Waals surface area contributed by atoms with Crippen LogP contribution in [0.4, 0.5) is 0 Å². The van der Waals surface area contributed by atoms with Crippen molar-refractivity contribution < 1.29 is 23.8 Å². The standard InChI is InChI=1S/C22H24ClNO5/c1-4-28-19-10-8-16(13-20(19)27-3)9-11-22(26)29-15-21(25)24(2)14-17-6-5-7-18(23)12-17/h5-13H,4,14-15H2,1-3H3/b11-9+. The highest BCUT2D eigenvalue weighted by molar-refractivity contribution is 6.30. The maximum Gasteiger partial charge on any atom is 0.331 e. The summed E-state index contributed by atoms with van der Waals surface area (Å²) < 4.78 is 15.8. The van der Waals surface area contributed by atoms with E-state index in [1.165, 1.54) is 11.0 Å². The summed E-state index contributed by atoms with van der Waals surface area (Å²) in [4.78, 5) is 25.5. The molecule has 0 saturated carbocycles. The molecule has 2 aromatic carbocycles. The Balaban J connectivity index is 1.86. The average molecular weight is 418 g/mol. The SMILES string of the molecule is CCOc1ccc(/C=C/C(=O)OCC(=O)N(C)Cc2cccc(Cl)c2)cc1OC. The Labute approximate surface area is 175 Å². The number of carbonyl (C=O) groups excluding carboxylic acids is 2. The van der Waals surface area contributed by atoms with Crippen LogP contribution in [0.25, 0.3) is 6.08 Å². The lowest BCUT2D eigenvalue weighted by molar-refractivity contribution is -0.147. The van der Waals surface area contributed by atoms with Gasteiger partial charge in [0.2, 0.25) is 0 Å². The highest BCUT2D eigenvalue weighted by Gasteiger charge is 2.12. The molecule has 0 aliphatic carbocycles. The van der Waals surface area contributed by atoms with Crippen LogP contribution in [-0.4, -0.2) is 44.1 Å². The first-order chi connectivity index (χ1) is 13.9. The van der Waals surface area contributed by atoms with Crippen molar-refractivity contribution in [3.63, 3.8) is 0 Å². The number of ether oxygens (including phenoxy) is 3. The molecular formula is C22H24ClNO5. The van der Waals surface area contributed by atoms with E-state index in [-0.39, 0.29) is 12.5 Å². The smallest absolute Gasteiger partial charge is 0.331 e. The van der Waals surface area contributed by atoms with Crippen LogP contribution in [0, 0.1) is 0 Å². The normalized spacial score (nSPS) is 10.6. The summed E-state index contributed by atoms with van der Waals surface area (Å²) in [5.41, 5.74) is 1.63. The second kappa shape index (κ2) is 11.1. The predicted octanol–water partition coefficient (Wildman–Crippen LogP) is 3.96. The van der Waals surface area contributed by atoms with Crippen molar-refractivity contribution in [2.45, 2.75) is 13.5 Å². The van der Waals surface area contributed by atoms with E-state index in [4.69, 9.17) is 25.8 Å². The third-order valence-electron chi connectivity index (χ3n) is 3.97. The average Bonchev–Trinajstić information content (AvgIpc) is 2.71. The van der Waals surface area contributed by atoms with Crippen LogP contribution in [0.15, 0.2) is 48.5 Å². The summed E-state index contributed by atoms with van der Waals surface area (Å²) >= 11 is 5.94. The molecule has 0 bridgehead atoms. The third-order valence-corrected chi connectivity index (χ3v) is 4.21. The number of hydrogen-bond donors (Lipinski definition) is 0. The molecule has 0 radical (unpaired) electrons. The summed E-state index contributed by atoms with van der Waals surface area (Å²) in [5.74, 6) is 0.278. The zero-order valence-corrected chi connectivity index (χ0v) is 17.4. The Hall–Kier alpha value is -2.99. The quantitative estimate of drug-likeness (QED) is 0.456. The van der Waals surface area contributed by atoms with Crippen LogP contribution < -0.4 is 9.47 Å². The van der Waals surface area contributed by atoms with E-state index in [1.54, 1.807) is 50.6 Å². The molecule has 7 heteroatoms. The number of likely N-dealkylation sites (N-methyl/N-ethyl adjacent to an activating group) is 1. The topological polar surface area (TPSA) is 65.1 Å². The maximum atomic E-state index is 12.2. The monoisotopic (exact) mass is 417 g/mol. The molecule has 0 heterocycles. The first-order valence-electron chi connectivity index (χ1n) is 9.07. The van der Waals surface area contributed by atoms with Crippen molar-refractivity contribution in [3.05, 3.63) is 64.7 Å². The number of carbonyl (C=O) groups is 2. The molecule has 29 heavy (non-hydrogen) atoms. The fraction of sp³-hybridized carbons (Fsp3) is 0.273. The van der Waals surface area contributed by atoms with Gasteiger partial charge in [-0.3, -0.25) is 4.79 Å². The van der Waals surface area contributed by atoms with E-state index < -0.39 is 5.97 Å². The van der Waals surface area contributed by atoms with Gasteiger partial charge in [0, 0.05) is 24.7 Å². The van der Waals surface area contributed by atoms with E-state index in [9.17, 15) is 9.59 Å². The zero-order valence-electron chi connectivity index (χ0n) is 16.7. The van der Waals surface area contributed by atoms with E-state index in [1.807, 2.05) is 19.1 Å². The predicted molar refractivity (Wildman–Crippen MR) is 112 cm³/mol. The van der Waals surface area contributed by atoms with Gasteiger partial charge < -0.3 is 19.1 Å². The molecule has 1 amide bonds. The van der Waals surface area contributed by atoms with Crippen LogP contribution in [0.2, 0.25) is 5.02 Å². The van der Waals surface area contributed by atoms with E-state index in [2.05, 4.69) is 0 Å². The van der Waals surface area contributed by atoms with Crippen molar-refractivity contribution in [2.75, 3.05) is 27.4 Å². The van der Waals surface area contributed by atoms with Gasteiger partial charge in [0.15, 0.2) is 18.1 Å². The van der Waals surface area contributed by atoms with Crippen LogP contribution in [0.3, 0.4) is 0 Å². The number of amides is 1. The molecule has 2 aromatic rings. The highest BCUT2D eigenvalue weighted by Crippen LogP contribution is 2.28. The minimum atomic E-state index is -0.609. The molecule has 0 spiro atoms. The molecule has 0 aromatic heterocycles. The minimum Gasteiger partial charge on any atom is -0.493 e. The molecule has 2 rings (SSSR count). The van der Waals surface area contributed by atoms with E-state index in [0.717, 1.165) is 11.1 Å². The lowest BCUT2D eigenvalue weighted by atomic mass is 10.2. The van der Waals surface area contributed by atoms with Crippen LogP contribution >= 0.6 is 11.6 Å². The number of esters is 1. The van der Waals surface area contributed by atoms with Crippen molar-refractivity contribution in [3.8, 4) is 11.5 Å². The van der Waals surface area contributed by atoms with Gasteiger partial charge in [-0.2, -0.15) is 0 Å². The fourth-order valence-electron chi connectivity index (χ4n) is 2.52. The van der Waals surface area contributed by atoms with Crippen LogP contribution in [0.5, 0.6) is 11.5 Å². The number of halogens is 1. The Morgan fingerprint density at radius 1 is 1.14 bits per heavy atom. The second-order valence-electron chi connectivity index (χ2n) is 6.16. The minimum absolute atomic E-state index is 0.311. The summed E-state index contributed by atoms with van der Waals surface area (Å²) in [5, 5.41) is 0.603. The largest absolute Gasteiger partial charge is 0.493 e. The van der Waals surface area contributed by atoms with Gasteiger partial charge in [-0.1, -0.05) is 29.8 Å². The molecule has 154 valence electrons. The molecule has 0 aliphatic rings. The number of hydrogen-bond acceptors (Lipinski definition) is 5. The van der Waals surface area contributed by atoms with Crippen molar-refractivity contribution in [1.29, 1.82) is 0 Å². The molecule has 0 N–H and O–H groups in total. The van der Waals surface area contributed by atoms with Gasteiger partial charge in [-0.25, -0.2) is 4.79 Å². The molecule has 0 fully saturated rings. The number of rotatable bonds is 9. The maximum absolute atomic E-state index is 12.2. The van der Waals surface area contributed by atoms with E-state index in [0.29, 0.717) is 29.7 Å². The van der Waals surface area contributed by atoms with Gasteiger partial charge >= 0.3 is 5.97 Å². The fourth-order valence-corrected chi connectivity index (χ4v) is 2.73. The lowest BCUT2D eigenvalue weighted by Gasteiger charge is -2.17. The Bertz CT molecular complexity index is 881. The number of benzene rings is 2. The number of nitrogens with zero attached hydrogens (tertiary/aromatic N) is 1. The highest BCUT2D eigenvalue weighted by atomic mass is 35.5. The van der Waals surface area contributed by atoms with Crippen molar-refractivity contribution >= 4 is 29.6 Å². The molecular weight excluding hydrogens is 394 g/mol. The summed E-state index contributed by atoms with van der Waals surface area (Å²) in [6.45, 7) is 2.44. The summed E-state index contributed by atoms with van der Waals surface area (Å²) in [6, 6.07) is 12.5. The first-order valence-corrected chi connectivity index (χ1v) is 9.44. The van der Waals surface area contributed by atoms with Gasteiger partial charge in [0.05, 0.1) is 13.7 Å². The molecule has 0 aliphatic heterocycles. The lowest BCUT2D eigenvalue weighted by Crippen LogP contribution is -2.30. The third kappa shape index (κ3) is 7.16. The summed E-state index contributed by atoms with van der Waals surface area (Å²) in [6.07, 6.45) is 2.85. The Morgan fingerprint density at radius 3 is 2.62 bits per heavy atom. The second-order valence-corrected chi connectivity index (χ2v) is 6.60. The van der Waals surface area contributed by atoms with Gasteiger partial charge in [-0.15, -0.1) is 0 Å². The number of methoxy groups -OCH3 is 1. The van der Waals surface area contributed by atoms with Gasteiger partial charge in [0.25, 0.3) is 5.91 Å². The Morgan fingerprint density at radius 2 is 1.93 bits per heavy atom. The summed E-state index contributed by atoms with van der Waals surface area (Å²) in [7, 11) is 3.18. The van der Waals surface area contributed by atoms with E-state index >= 15 is 0 Å². The van der Waals surface area contributed by atoms with Crippen molar-refractivity contribution in [1.82, 2.24) is 4.90 Å². The molecule has 0 saturated heterocycles. The van der Waals surface area contributed by atoms with Crippen LogP contribution in [-0.2, 0) is 20.9 Å². The molecule has 0 unspecified atom stereocenters. The molecule has 6 nitrogen and oxygen atoms in total. The molecule has 0 atom stereocenters. The van der Waals surface area contributed by atoms with Crippen molar-refractivity contribution in [2.24, 2.45) is 0 Å². The zero-order chi connectivity index (χ0) is 21.2. The Kier molecular flexibility index (Phi) is 8.55. The van der Waals surface area contributed by atoms with Crippen LogP contribution in [0.1, 0.15) is 18.1 Å².